The van der Waals surface area contributed by atoms with Crippen molar-refractivity contribution < 1.29 is 14.3 Å². The molecule has 18 heavy (non-hydrogen) atoms. The van der Waals surface area contributed by atoms with E-state index in [4.69, 9.17) is 4.74 Å². The molecule has 0 unspecified atom stereocenters. The van der Waals surface area contributed by atoms with Crippen molar-refractivity contribution in [3.05, 3.63) is 5.82 Å². The van der Waals surface area contributed by atoms with Crippen molar-refractivity contribution in [2.45, 2.75) is 26.3 Å². The highest BCUT2D eigenvalue weighted by molar-refractivity contribution is 5.85. The summed E-state index contributed by atoms with van der Waals surface area (Å²) in [4.78, 5) is 24.4. The second-order valence-corrected chi connectivity index (χ2v) is 3.84. The first-order chi connectivity index (χ1) is 8.56. The van der Waals surface area contributed by atoms with Gasteiger partial charge < -0.3 is 9.64 Å². The molecule has 0 saturated heterocycles. The van der Waals surface area contributed by atoms with Crippen LogP contribution >= 0.6 is 0 Å². The predicted molar refractivity (Wildman–Crippen MR) is 61.7 cm³/mol. The molecule has 8 nitrogen and oxygen atoms in total. The van der Waals surface area contributed by atoms with E-state index in [1.807, 2.05) is 0 Å². The van der Waals surface area contributed by atoms with Crippen LogP contribution in [0.4, 0.5) is 0 Å². The van der Waals surface area contributed by atoms with Crippen molar-refractivity contribution in [2.75, 3.05) is 20.7 Å². The monoisotopic (exact) mass is 255 g/mol. The summed E-state index contributed by atoms with van der Waals surface area (Å²) >= 11 is 0. The highest BCUT2D eigenvalue weighted by Gasteiger charge is 2.16. The fourth-order valence-electron chi connectivity index (χ4n) is 1.30. The number of hydrogen-bond acceptors (Lipinski definition) is 6. The van der Waals surface area contributed by atoms with Crippen molar-refractivity contribution in [1.29, 1.82) is 0 Å². The molecule has 0 aromatic carbocycles. The van der Waals surface area contributed by atoms with Crippen LogP contribution in [0.1, 0.15) is 30.4 Å². The van der Waals surface area contributed by atoms with Crippen LogP contribution in [0.2, 0.25) is 0 Å². The maximum atomic E-state index is 11.5. The number of rotatable bonds is 6. The Bertz CT molecular complexity index is 415. The number of ether oxygens (including phenoxy) is 1. The molecule has 1 rings (SSSR count). The smallest absolute Gasteiger partial charge is 0.378 e. The second kappa shape index (κ2) is 6.67. The van der Waals surface area contributed by atoms with Crippen LogP contribution in [-0.2, 0) is 16.1 Å². The minimum atomic E-state index is -0.554. The van der Waals surface area contributed by atoms with Crippen LogP contribution in [0, 0.1) is 0 Å². The number of aryl methyl sites for hydroxylation is 1. The van der Waals surface area contributed by atoms with Gasteiger partial charge in [-0.25, -0.2) is 9.48 Å². The third-order valence-corrected chi connectivity index (χ3v) is 2.25. The Morgan fingerprint density at radius 3 is 2.72 bits per heavy atom. The fourth-order valence-corrected chi connectivity index (χ4v) is 1.30. The molecule has 0 radical (unpaired) electrons. The van der Waals surface area contributed by atoms with E-state index in [1.165, 1.54) is 9.58 Å². The second-order valence-electron chi connectivity index (χ2n) is 3.84. The normalized spacial score (nSPS) is 10.2. The molecule has 0 bridgehead atoms. The molecular formula is C10H17N5O3. The average molecular weight is 255 g/mol. The van der Waals surface area contributed by atoms with Gasteiger partial charge in [0.25, 0.3) is 5.82 Å². The zero-order valence-corrected chi connectivity index (χ0v) is 10.8. The van der Waals surface area contributed by atoms with Crippen LogP contribution in [0.5, 0.6) is 0 Å². The van der Waals surface area contributed by atoms with E-state index in [0.717, 1.165) is 0 Å². The van der Waals surface area contributed by atoms with Crippen molar-refractivity contribution in [1.82, 2.24) is 25.1 Å². The molecule has 8 heteroatoms. The van der Waals surface area contributed by atoms with E-state index < -0.39 is 5.97 Å². The fraction of sp³-hybridized carbons (Fsp3) is 0.700. The zero-order chi connectivity index (χ0) is 13.5. The number of tetrazole rings is 1. The van der Waals surface area contributed by atoms with E-state index >= 15 is 0 Å². The van der Waals surface area contributed by atoms with Crippen molar-refractivity contribution in [2.24, 2.45) is 0 Å². The van der Waals surface area contributed by atoms with Crippen LogP contribution in [0.25, 0.3) is 0 Å². The van der Waals surface area contributed by atoms with Gasteiger partial charge in [0, 0.05) is 27.1 Å². The molecule has 1 aromatic heterocycles. The van der Waals surface area contributed by atoms with E-state index in [2.05, 4.69) is 15.5 Å². The molecule has 0 aliphatic rings. The van der Waals surface area contributed by atoms with Gasteiger partial charge in [-0.05, 0) is 23.8 Å². The summed E-state index contributed by atoms with van der Waals surface area (Å²) < 4.78 is 6.16. The van der Waals surface area contributed by atoms with Crippen molar-refractivity contribution in [3.8, 4) is 0 Å². The first-order valence-electron chi connectivity index (χ1n) is 5.69. The van der Waals surface area contributed by atoms with Gasteiger partial charge in [-0.15, -0.1) is 5.10 Å². The summed E-state index contributed by atoms with van der Waals surface area (Å²) in [5.41, 5.74) is 0. The average Bonchev–Trinajstić information content (AvgIpc) is 2.77. The Morgan fingerprint density at radius 1 is 1.39 bits per heavy atom. The maximum absolute atomic E-state index is 11.5. The standard InChI is InChI=1S/C10H17N5O3/c1-4-18-10(17)9-11-12-13-15(9)7-5-6-8(16)14(2)3/h4-7H2,1-3H3. The van der Waals surface area contributed by atoms with Gasteiger partial charge in [-0.2, -0.15) is 0 Å². The summed E-state index contributed by atoms with van der Waals surface area (Å²) in [6.07, 6.45) is 0.948. The molecule has 0 atom stereocenters. The first kappa shape index (κ1) is 14.1. The predicted octanol–water partition coefficient (Wildman–Crippen LogP) is -0.282. The Labute approximate surface area is 105 Å². The lowest BCUT2D eigenvalue weighted by molar-refractivity contribution is -0.128. The van der Waals surface area contributed by atoms with Gasteiger partial charge in [0.05, 0.1) is 6.61 Å². The number of amides is 1. The van der Waals surface area contributed by atoms with Gasteiger partial charge in [-0.3, -0.25) is 4.79 Å². The largest absolute Gasteiger partial charge is 0.460 e. The first-order valence-corrected chi connectivity index (χ1v) is 5.69. The SMILES string of the molecule is CCOC(=O)c1nnnn1CCCC(=O)N(C)C. The minimum Gasteiger partial charge on any atom is -0.460 e. The quantitative estimate of drug-likeness (QED) is 0.649. The number of esters is 1. The van der Waals surface area contributed by atoms with Gasteiger partial charge in [0.15, 0.2) is 0 Å². The summed E-state index contributed by atoms with van der Waals surface area (Å²) in [7, 11) is 3.40. The van der Waals surface area contributed by atoms with Crippen molar-refractivity contribution >= 4 is 11.9 Å². The third kappa shape index (κ3) is 3.79. The molecule has 0 spiro atoms. The summed E-state index contributed by atoms with van der Waals surface area (Å²) in [6.45, 7) is 2.38. The minimum absolute atomic E-state index is 0.0285. The van der Waals surface area contributed by atoms with Crippen LogP contribution in [-0.4, -0.2) is 57.7 Å². The molecule has 1 aromatic rings. The number of carbonyl (C=O) groups excluding carboxylic acids is 2. The van der Waals surface area contributed by atoms with E-state index in [9.17, 15) is 9.59 Å². The summed E-state index contributed by atoms with van der Waals surface area (Å²) in [6, 6.07) is 0. The lowest BCUT2D eigenvalue weighted by Crippen LogP contribution is -2.22. The zero-order valence-electron chi connectivity index (χ0n) is 10.8. The molecule has 1 amide bonds. The molecule has 0 saturated carbocycles. The Morgan fingerprint density at radius 2 is 2.11 bits per heavy atom. The van der Waals surface area contributed by atoms with Crippen LogP contribution < -0.4 is 0 Å². The van der Waals surface area contributed by atoms with Crippen LogP contribution in [0.15, 0.2) is 0 Å². The lowest BCUT2D eigenvalue weighted by atomic mass is 10.3. The summed E-state index contributed by atoms with van der Waals surface area (Å²) in [5.74, 6) is -0.462. The topological polar surface area (TPSA) is 90.2 Å². The number of carbonyl (C=O) groups is 2. The third-order valence-electron chi connectivity index (χ3n) is 2.25. The van der Waals surface area contributed by atoms with E-state index in [1.54, 1.807) is 21.0 Å². The van der Waals surface area contributed by atoms with E-state index in [-0.39, 0.29) is 18.3 Å². The number of aromatic nitrogens is 4. The van der Waals surface area contributed by atoms with Gasteiger partial charge in [0.2, 0.25) is 5.91 Å². The van der Waals surface area contributed by atoms with E-state index in [0.29, 0.717) is 19.4 Å². The molecule has 100 valence electrons. The molecule has 0 N–H and O–H groups in total. The molecule has 0 fully saturated rings. The number of hydrogen-bond donors (Lipinski definition) is 0. The van der Waals surface area contributed by atoms with Crippen molar-refractivity contribution in [3.63, 3.8) is 0 Å². The number of nitrogens with zero attached hydrogens (tertiary/aromatic N) is 5. The molecule has 0 aliphatic carbocycles. The highest BCUT2D eigenvalue weighted by Crippen LogP contribution is 2.01. The molecular weight excluding hydrogens is 238 g/mol. The van der Waals surface area contributed by atoms with Gasteiger partial charge in [0.1, 0.15) is 0 Å². The molecule has 1 heterocycles. The summed E-state index contributed by atoms with van der Waals surface area (Å²) in [5, 5.41) is 10.7. The van der Waals surface area contributed by atoms with Gasteiger partial charge >= 0.3 is 5.97 Å². The Kier molecular flexibility index (Phi) is 5.22. The molecule has 0 aliphatic heterocycles. The maximum Gasteiger partial charge on any atom is 0.378 e. The Hall–Kier alpha value is -1.99. The van der Waals surface area contributed by atoms with Gasteiger partial charge in [-0.1, -0.05) is 0 Å². The lowest BCUT2D eigenvalue weighted by Gasteiger charge is -2.09. The Balaban J connectivity index is 2.50. The van der Waals surface area contributed by atoms with Crippen LogP contribution in [0.3, 0.4) is 0 Å². The highest BCUT2D eigenvalue weighted by atomic mass is 16.5.